The van der Waals surface area contributed by atoms with E-state index in [0.29, 0.717) is 0 Å². The fraction of sp³-hybridized carbons (Fsp3) is 0.556. The molecule has 6 nitrogen and oxygen atoms in total. The first-order chi connectivity index (χ1) is 12.2. The first-order valence-electron chi connectivity index (χ1n) is 8.92. The number of piperazine rings is 1. The average Bonchev–Trinajstić information content (AvgIpc) is 3.26. The minimum Gasteiger partial charge on any atom is -0.361 e. The Hall–Kier alpha value is -1.29. The Morgan fingerprint density at radius 1 is 1.31 bits per heavy atom. The summed E-state index contributed by atoms with van der Waals surface area (Å²) in [6.07, 6.45) is 0.866. The van der Waals surface area contributed by atoms with Gasteiger partial charge in [0.1, 0.15) is 5.76 Å². The van der Waals surface area contributed by atoms with E-state index in [1.807, 2.05) is 25.2 Å². The van der Waals surface area contributed by atoms with Crippen LogP contribution in [0.25, 0.3) is 0 Å². The molecule has 8 heteroatoms. The number of anilines is 1. The van der Waals surface area contributed by atoms with Crippen LogP contribution in [0.3, 0.4) is 0 Å². The Balaban J connectivity index is 0.00000243. The van der Waals surface area contributed by atoms with Gasteiger partial charge in [0, 0.05) is 44.8 Å². The van der Waals surface area contributed by atoms with Crippen molar-refractivity contribution in [3.63, 3.8) is 0 Å². The van der Waals surface area contributed by atoms with Crippen molar-refractivity contribution in [2.24, 2.45) is 4.99 Å². The maximum Gasteiger partial charge on any atom is 0.194 e. The van der Waals surface area contributed by atoms with Gasteiger partial charge in [-0.2, -0.15) is 0 Å². The second-order valence-electron chi connectivity index (χ2n) is 6.21. The molecule has 0 aliphatic carbocycles. The van der Waals surface area contributed by atoms with Crippen LogP contribution in [0.1, 0.15) is 23.9 Å². The number of nitrogens with one attached hydrogen (secondary N) is 1. The zero-order chi connectivity index (χ0) is 17.6. The van der Waals surface area contributed by atoms with Crippen LogP contribution in [0.5, 0.6) is 0 Å². The Labute approximate surface area is 176 Å². The number of halogens is 1. The van der Waals surface area contributed by atoms with E-state index in [4.69, 9.17) is 9.52 Å². The smallest absolute Gasteiger partial charge is 0.194 e. The van der Waals surface area contributed by atoms with Gasteiger partial charge in [0.05, 0.1) is 10.7 Å². The molecule has 3 heterocycles. The molecule has 1 N–H and O–H groups in total. The highest BCUT2D eigenvalue weighted by atomic mass is 127. The highest BCUT2D eigenvalue weighted by molar-refractivity contribution is 14.0. The summed E-state index contributed by atoms with van der Waals surface area (Å²) in [5.41, 5.74) is 2.16. The van der Waals surface area contributed by atoms with E-state index >= 15 is 0 Å². The van der Waals surface area contributed by atoms with E-state index in [-0.39, 0.29) is 24.0 Å². The van der Waals surface area contributed by atoms with Crippen molar-refractivity contribution in [2.75, 3.05) is 44.2 Å². The Kier molecular flexibility index (Phi) is 8.20. The van der Waals surface area contributed by atoms with Crippen LogP contribution in [0, 0.1) is 13.8 Å². The molecule has 0 atom stereocenters. The third-order valence-corrected chi connectivity index (χ3v) is 5.47. The zero-order valence-electron chi connectivity index (χ0n) is 15.7. The van der Waals surface area contributed by atoms with E-state index in [1.54, 1.807) is 0 Å². The van der Waals surface area contributed by atoms with Gasteiger partial charge in [-0.3, -0.25) is 4.99 Å². The minimum absolute atomic E-state index is 0. The van der Waals surface area contributed by atoms with Gasteiger partial charge in [-0.15, -0.1) is 35.3 Å². The fourth-order valence-corrected chi connectivity index (χ4v) is 3.93. The average molecular weight is 489 g/mol. The number of nitrogens with zero attached hydrogens (tertiary/aromatic N) is 4. The predicted octanol–water partition coefficient (Wildman–Crippen LogP) is 3.30. The molecule has 26 heavy (non-hydrogen) atoms. The van der Waals surface area contributed by atoms with Gasteiger partial charge in [-0.1, -0.05) is 5.16 Å². The number of aromatic nitrogens is 1. The summed E-state index contributed by atoms with van der Waals surface area (Å²) in [6, 6.07) is 4.32. The summed E-state index contributed by atoms with van der Waals surface area (Å²) in [4.78, 5) is 9.64. The van der Waals surface area contributed by atoms with Gasteiger partial charge in [-0.25, -0.2) is 0 Å². The number of aryl methyl sites for hydroxylation is 2. The molecule has 3 rings (SSSR count). The number of rotatable bonds is 5. The lowest BCUT2D eigenvalue weighted by Gasteiger charge is -2.37. The molecule has 1 aliphatic rings. The van der Waals surface area contributed by atoms with Crippen molar-refractivity contribution in [3.05, 3.63) is 34.5 Å². The number of hydrogen-bond acceptors (Lipinski definition) is 5. The Morgan fingerprint density at radius 3 is 2.65 bits per heavy atom. The van der Waals surface area contributed by atoms with Crippen LogP contribution in [0.2, 0.25) is 0 Å². The summed E-state index contributed by atoms with van der Waals surface area (Å²) >= 11 is 1.81. The highest BCUT2D eigenvalue weighted by Crippen LogP contribution is 2.22. The molecule has 1 saturated heterocycles. The zero-order valence-corrected chi connectivity index (χ0v) is 18.8. The van der Waals surface area contributed by atoms with Gasteiger partial charge in [0.25, 0.3) is 0 Å². The molecule has 0 bridgehead atoms. The molecule has 0 aromatic carbocycles. The van der Waals surface area contributed by atoms with Crippen LogP contribution in [-0.4, -0.2) is 55.3 Å². The number of thiophene rings is 1. The van der Waals surface area contributed by atoms with Crippen molar-refractivity contribution >= 4 is 46.3 Å². The van der Waals surface area contributed by atoms with E-state index in [9.17, 15) is 0 Å². The Morgan fingerprint density at radius 2 is 2.08 bits per heavy atom. The second kappa shape index (κ2) is 10.1. The van der Waals surface area contributed by atoms with Crippen LogP contribution in [0.15, 0.2) is 27.0 Å². The molecule has 0 amide bonds. The van der Waals surface area contributed by atoms with Crippen LogP contribution in [0.4, 0.5) is 5.00 Å². The molecular weight excluding hydrogens is 461 g/mol. The van der Waals surface area contributed by atoms with Gasteiger partial charge < -0.3 is 19.6 Å². The molecule has 144 valence electrons. The van der Waals surface area contributed by atoms with Crippen LogP contribution < -0.4 is 10.2 Å². The maximum absolute atomic E-state index is 5.23. The van der Waals surface area contributed by atoms with Crippen molar-refractivity contribution < 1.29 is 4.52 Å². The summed E-state index contributed by atoms with van der Waals surface area (Å²) < 4.78 is 5.23. The monoisotopic (exact) mass is 489 g/mol. The summed E-state index contributed by atoms with van der Waals surface area (Å²) in [6.45, 7) is 11.8. The maximum atomic E-state index is 5.23. The molecule has 0 radical (unpaired) electrons. The van der Waals surface area contributed by atoms with Gasteiger partial charge in [0.15, 0.2) is 5.96 Å². The van der Waals surface area contributed by atoms with Gasteiger partial charge in [0.2, 0.25) is 0 Å². The fourth-order valence-electron chi connectivity index (χ4n) is 3.15. The third-order valence-electron chi connectivity index (χ3n) is 4.54. The molecule has 0 unspecified atom stereocenters. The summed E-state index contributed by atoms with van der Waals surface area (Å²) in [5.74, 6) is 1.92. The number of hydrogen-bond donors (Lipinski definition) is 1. The summed E-state index contributed by atoms with van der Waals surface area (Å²) in [7, 11) is 0. The topological polar surface area (TPSA) is 56.9 Å². The molecule has 1 aliphatic heterocycles. The normalized spacial score (nSPS) is 15.1. The van der Waals surface area contributed by atoms with Crippen LogP contribution >= 0.6 is 35.3 Å². The molecule has 0 spiro atoms. The minimum atomic E-state index is 0. The lowest BCUT2D eigenvalue weighted by Crippen LogP contribution is -2.52. The van der Waals surface area contributed by atoms with E-state index in [0.717, 1.165) is 63.1 Å². The molecular formula is C18H28IN5OS. The Bertz CT molecular complexity index is 673. The standard InChI is InChI=1S/C18H27N5OS.HI/c1-4-19-18(20-8-7-16-14(2)21-24-15(16)3)23-11-9-22(10-12-23)17-6-5-13-25-17;/h5-6,13H,4,7-12H2,1-3H3,(H,19,20);1H. The number of aliphatic imine (C=N–C) groups is 1. The lowest BCUT2D eigenvalue weighted by atomic mass is 10.1. The summed E-state index contributed by atoms with van der Waals surface area (Å²) in [5, 5.41) is 11.0. The van der Waals surface area contributed by atoms with Crippen LogP contribution in [-0.2, 0) is 6.42 Å². The number of guanidine groups is 1. The quantitative estimate of drug-likeness (QED) is 0.397. The first-order valence-corrected chi connectivity index (χ1v) is 9.80. The van der Waals surface area contributed by atoms with E-state index in [2.05, 4.69) is 44.7 Å². The molecule has 1 fully saturated rings. The first kappa shape index (κ1) is 21.0. The van der Waals surface area contributed by atoms with Crippen molar-refractivity contribution in [3.8, 4) is 0 Å². The van der Waals surface area contributed by atoms with E-state index in [1.165, 1.54) is 10.6 Å². The lowest BCUT2D eigenvalue weighted by molar-refractivity contribution is 0.373. The van der Waals surface area contributed by atoms with Crippen molar-refractivity contribution in [1.29, 1.82) is 0 Å². The van der Waals surface area contributed by atoms with Gasteiger partial charge >= 0.3 is 0 Å². The van der Waals surface area contributed by atoms with Crippen molar-refractivity contribution in [1.82, 2.24) is 15.4 Å². The van der Waals surface area contributed by atoms with Crippen molar-refractivity contribution in [2.45, 2.75) is 27.2 Å². The second-order valence-corrected chi connectivity index (χ2v) is 7.14. The highest BCUT2D eigenvalue weighted by Gasteiger charge is 2.20. The van der Waals surface area contributed by atoms with E-state index < -0.39 is 0 Å². The largest absolute Gasteiger partial charge is 0.361 e. The SMILES string of the molecule is CCNC(=NCCc1c(C)noc1C)N1CCN(c2cccs2)CC1.I. The molecule has 2 aromatic rings. The third kappa shape index (κ3) is 5.12. The molecule has 2 aromatic heterocycles. The van der Waals surface area contributed by atoms with Gasteiger partial charge in [-0.05, 0) is 44.7 Å². The predicted molar refractivity (Wildman–Crippen MR) is 119 cm³/mol. The molecule has 0 saturated carbocycles.